The van der Waals surface area contributed by atoms with E-state index in [2.05, 4.69) is 6.58 Å². The van der Waals surface area contributed by atoms with Crippen LogP contribution in [0, 0.1) is 17.8 Å². The van der Waals surface area contributed by atoms with Gasteiger partial charge in [0.25, 0.3) is 5.91 Å². The Hall–Kier alpha value is -3.66. The second kappa shape index (κ2) is 15.9. The van der Waals surface area contributed by atoms with E-state index in [1.165, 1.54) is 13.0 Å². The molecule has 2 aliphatic heterocycles. The number of ether oxygens (including phenoxy) is 4. The minimum absolute atomic E-state index is 0.0966. The Morgan fingerprint density at radius 1 is 1.10 bits per heavy atom. The lowest BCUT2D eigenvalue weighted by Gasteiger charge is -2.49. The summed E-state index contributed by atoms with van der Waals surface area (Å²) in [6.07, 6.45) is -5.32. The molecule has 1 unspecified atom stereocenters. The largest absolute Gasteiger partial charge is 0.479 e. The molecule has 2 heterocycles. The van der Waals surface area contributed by atoms with Crippen molar-refractivity contribution in [3.8, 4) is 0 Å². The molecular formula is C35H49NO13. The third kappa shape index (κ3) is 8.05. The molecule has 1 aromatic rings. The zero-order valence-corrected chi connectivity index (χ0v) is 28.5. The van der Waals surface area contributed by atoms with Gasteiger partial charge < -0.3 is 50.2 Å². The number of aliphatic hydroxyl groups is 3. The molecule has 0 radical (unpaired) electrons. The van der Waals surface area contributed by atoms with Crippen molar-refractivity contribution in [3.05, 3.63) is 60.2 Å². The van der Waals surface area contributed by atoms with Gasteiger partial charge >= 0.3 is 17.9 Å². The first-order valence-corrected chi connectivity index (χ1v) is 16.3. The highest BCUT2D eigenvalue weighted by Crippen LogP contribution is 2.55. The summed E-state index contributed by atoms with van der Waals surface area (Å²) < 4.78 is 22.5. The SMILES string of the molecule is C=C(CC[C@]12O[C@@H](C(=O)O)[C@@](O)(C(N)=O)[C@@](C(=O)O)(O1)[C@H](OC(=O)/C=C/[C@H](C)C[C@H](C)CC)[C@H]2O)[C@@H](OC(C)O)[C@H](C)Cc1ccccc1. The molecule has 11 atom stereocenters. The number of carbonyl (C=O) groups is 4. The van der Waals surface area contributed by atoms with E-state index in [1.54, 1.807) is 0 Å². The Morgan fingerprint density at radius 2 is 1.73 bits per heavy atom. The number of aliphatic hydroxyl groups excluding tert-OH is 2. The van der Waals surface area contributed by atoms with Crippen molar-refractivity contribution in [1.82, 2.24) is 0 Å². The molecule has 14 nitrogen and oxygen atoms in total. The number of fused-ring (bicyclic) bond motifs is 2. The van der Waals surface area contributed by atoms with Crippen molar-refractivity contribution in [2.24, 2.45) is 23.5 Å². The molecular weight excluding hydrogens is 642 g/mol. The van der Waals surface area contributed by atoms with Gasteiger partial charge in [-0.25, -0.2) is 14.4 Å². The fourth-order valence-corrected chi connectivity index (χ4v) is 6.69. The molecule has 14 heteroatoms. The fourth-order valence-electron chi connectivity index (χ4n) is 6.69. The fraction of sp³-hybridized carbons (Fsp3) is 0.600. The predicted octanol–water partition coefficient (Wildman–Crippen LogP) is 2.08. The summed E-state index contributed by atoms with van der Waals surface area (Å²) in [6, 6.07) is 9.43. The zero-order chi connectivity index (χ0) is 36.9. The standard InChI is InChI=1S/C35H49NO13/c1-7-19(2)17-20(3)13-14-25(38)47-28-27(39)33(48-29(30(40)41)34(45,31(36)42)35(28,49-33)32(43)44)16-15-21(4)26(46-23(6)37)22(5)18-24-11-9-8-10-12-24/h8-14,19-20,22-23,26-29,37,39,45H,4,7,15-18H2,1-3,5-6H3,(H2,36,42)(H,40,41)(H,43,44)/b14-13+/t19-,20+,22-,23?,26-,27-,28-,29+,33+,34-,35-/m1/s1. The molecule has 0 aliphatic carbocycles. The summed E-state index contributed by atoms with van der Waals surface area (Å²) >= 11 is 0. The summed E-state index contributed by atoms with van der Waals surface area (Å²) in [5.74, 6) is -9.75. The molecule has 7 N–H and O–H groups in total. The number of aliphatic carboxylic acids is 2. The number of primary amides is 1. The van der Waals surface area contributed by atoms with Crippen molar-refractivity contribution < 1.29 is 63.7 Å². The third-order valence-corrected chi connectivity index (χ3v) is 9.39. The number of amides is 1. The highest BCUT2D eigenvalue weighted by Gasteiger charge is 2.85. The molecule has 1 amide bonds. The molecule has 49 heavy (non-hydrogen) atoms. The van der Waals surface area contributed by atoms with E-state index in [0.29, 0.717) is 17.9 Å². The smallest absolute Gasteiger partial charge is 0.343 e. The maximum absolute atomic E-state index is 13.1. The molecule has 2 saturated heterocycles. The van der Waals surface area contributed by atoms with E-state index in [1.807, 2.05) is 58.0 Å². The van der Waals surface area contributed by atoms with Crippen molar-refractivity contribution >= 4 is 23.8 Å². The monoisotopic (exact) mass is 691 g/mol. The van der Waals surface area contributed by atoms with Crippen LogP contribution in [0.3, 0.4) is 0 Å². The molecule has 1 aromatic carbocycles. The number of carboxylic acid groups (broad SMARTS) is 2. The number of nitrogens with two attached hydrogens (primary N) is 1. The van der Waals surface area contributed by atoms with E-state index < -0.39 is 77.9 Å². The number of carbonyl (C=O) groups excluding carboxylic acids is 2. The van der Waals surface area contributed by atoms with E-state index in [-0.39, 0.29) is 18.3 Å². The van der Waals surface area contributed by atoms with Gasteiger partial charge in [0.1, 0.15) is 6.10 Å². The lowest BCUT2D eigenvalue weighted by molar-refractivity contribution is -0.371. The topological polar surface area (TPSA) is 232 Å². The Balaban J connectivity index is 2.01. The Morgan fingerprint density at radius 3 is 2.27 bits per heavy atom. The Labute approximate surface area is 285 Å². The van der Waals surface area contributed by atoms with Crippen LogP contribution in [0.5, 0.6) is 0 Å². The van der Waals surface area contributed by atoms with Gasteiger partial charge in [-0.2, -0.15) is 0 Å². The normalized spacial score (nSPS) is 31.0. The van der Waals surface area contributed by atoms with Crippen molar-refractivity contribution in [2.75, 3.05) is 0 Å². The van der Waals surface area contributed by atoms with Crippen molar-refractivity contribution in [2.45, 2.75) is 114 Å². The van der Waals surface area contributed by atoms with Gasteiger partial charge in [-0.1, -0.05) is 77.1 Å². The van der Waals surface area contributed by atoms with Crippen LogP contribution >= 0.6 is 0 Å². The first-order chi connectivity index (χ1) is 22.9. The lowest BCUT2D eigenvalue weighted by Crippen LogP contribution is -2.79. The second-order valence-corrected chi connectivity index (χ2v) is 13.3. The maximum atomic E-state index is 13.1. The van der Waals surface area contributed by atoms with E-state index in [0.717, 1.165) is 24.5 Å². The van der Waals surface area contributed by atoms with Gasteiger partial charge in [0.15, 0.2) is 18.5 Å². The van der Waals surface area contributed by atoms with E-state index in [4.69, 9.17) is 24.7 Å². The van der Waals surface area contributed by atoms with Crippen LogP contribution < -0.4 is 5.73 Å². The van der Waals surface area contributed by atoms with Crippen molar-refractivity contribution in [3.63, 3.8) is 0 Å². The number of esters is 1. The van der Waals surface area contributed by atoms with Crippen LogP contribution in [0.4, 0.5) is 0 Å². The van der Waals surface area contributed by atoms with E-state index in [9.17, 15) is 44.7 Å². The third-order valence-electron chi connectivity index (χ3n) is 9.39. The van der Waals surface area contributed by atoms with Gasteiger partial charge in [0.2, 0.25) is 17.0 Å². The van der Waals surface area contributed by atoms with Gasteiger partial charge in [0, 0.05) is 12.5 Å². The van der Waals surface area contributed by atoms with Crippen LogP contribution in [0.1, 0.15) is 65.9 Å². The van der Waals surface area contributed by atoms with Crippen LogP contribution in [0.2, 0.25) is 0 Å². The van der Waals surface area contributed by atoms with Crippen molar-refractivity contribution in [1.29, 1.82) is 0 Å². The van der Waals surface area contributed by atoms with Crippen LogP contribution in [-0.2, 0) is 44.5 Å². The van der Waals surface area contributed by atoms with Crippen LogP contribution in [-0.4, -0.2) is 97.0 Å². The number of carboxylic acids is 2. The summed E-state index contributed by atoms with van der Waals surface area (Å²) in [5.41, 5.74) is -0.356. The molecule has 272 valence electrons. The number of benzene rings is 1. The molecule has 2 fully saturated rings. The Kier molecular flexibility index (Phi) is 12.9. The minimum Gasteiger partial charge on any atom is -0.479 e. The average Bonchev–Trinajstić information content (AvgIpc) is 3.25. The highest BCUT2D eigenvalue weighted by atomic mass is 16.8. The predicted molar refractivity (Wildman–Crippen MR) is 173 cm³/mol. The zero-order valence-electron chi connectivity index (χ0n) is 28.5. The summed E-state index contributed by atoms with van der Waals surface area (Å²) in [6.45, 7) is 13.2. The molecule has 2 bridgehead atoms. The number of allylic oxidation sites excluding steroid dienone is 1. The molecule has 0 spiro atoms. The summed E-state index contributed by atoms with van der Waals surface area (Å²) in [7, 11) is 0. The number of hydrogen-bond acceptors (Lipinski definition) is 11. The first-order valence-electron chi connectivity index (χ1n) is 16.3. The summed E-state index contributed by atoms with van der Waals surface area (Å²) in [4.78, 5) is 51.3. The maximum Gasteiger partial charge on any atom is 0.343 e. The molecule has 0 saturated carbocycles. The van der Waals surface area contributed by atoms with E-state index >= 15 is 0 Å². The minimum atomic E-state index is -3.66. The van der Waals surface area contributed by atoms with Crippen LogP contribution in [0.15, 0.2) is 54.6 Å². The van der Waals surface area contributed by atoms with Gasteiger partial charge in [-0.15, -0.1) is 0 Å². The summed E-state index contributed by atoms with van der Waals surface area (Å²) in [5, 5.41) is 53.9. The first kappa shape index (κ1) is 39.8. The molecule has 0 aromatic heterocycles. The highest BCUT2D eigenvalue weighted by molar-refractivity contribution is 6.00. The molecule has 3 rings (SSSR count). The number of rotatable bonds is 18. The van der Waals surface area contributed by atoms with Gasteiger partial charge in [-0.3, -0.25) is 4.79 Å². The molecule has 2 aliphatic rings. The number of hydrogen-bond donors (Lipinski definition) is 6. The Bertz CT molecular complexity index is 1400. The lowest BCUT2D eigenvalue weighted by atomic mass is 9.74. The second-order valence-electron chi connectivity index (χ2n) is 13.3. The average molecular weight is 692 g/mol. The quantitative estimate of drug-likeness (QED) is 0.0561. The van der Waals surface area contributed by atoms with Gasteiger partial charge in [-0.05, 0) is 55.1 Å². The van der Waals surface area contributed by atoms with Gasteiger partial charge in [0.05, 0.1) is 6.10 Å². The van der Waals surface area contributed by atoms with Crippen LogP contribution in [0.25, 0.3) is 0 Å².